The predicted molar refractivity (Wildman–Crippen MR) is 125 cm³/mol. The number of fused-ring (bicyclic) bond motifs is 1. The van der Waals surface area contributed by atoms with E-state index in [1.165, 1.54) is 12.1 Å². The monoisotopic (exact) mass is 527 g/mol. The molecule has 0 bridgehead atoms. The SMILES string of the molecule is CN=C(NCc1oc2ccc(F)cc2c1C)N1CCN(Cc2cc(C)on2)CC1.I. The van der Waals surface area contributed by atoms with Gasteiger partial charge < -0.3 is 19.2 Å². The second kappa shape index (κ2) is 9.78. The summed E-state index contributed by atoms with van der Waals surface area (Å²) in [7, 11) is 1.79. The first-order valence-electron chi connectivity index (χ1n) is 9.81. The highest BCUT2D eigenvalue weighted by Gasteiger charge is 2.21. The quantitative estimate of drug-likeness (QED) is 0.317. The number of aromatic nitrogens is 1. The van der Waals surface area contributed by atoms with Crippen LogP contribution in [0.2, 0.25) is 0 Å². The van der Waals surface area contributed by atoms with Gasteiger partial charge in [-0.3, -0.25) is 9.89 Å². The lowest BCUT2D eigenvalue weighted by Crippen LogP contribution is -2.52. The summed E-state index contributed by atoms with van der Waals surface area (Å²) in [5.74, 6) is 2.22. The molecule has 1 aliphatic heterocycles. The van der Waals surface area contributed by atoms with E-state index in [0.717, 1.165) is 66.8 Å². The minimum absolute atomic E-state index is 0. The molecule has 9 heteroatoms. The molecule has 0 spiro atoms. The summed E-state index contributed by atoms with van der Waals surface area (Å²) in [5, 5.41) is 8.27. The summed E-state index contributed by atoms with van der Waals surface area (Å²) >= 11 is 0. The Labute approximate surface area is 192 Å². The highest BCUT2D eigenvalue weighted by molar-refractivity contribution is 14.0. The Hall–Kier alpha value is -2.14. The van der Waals surface area contributed by atoms with Gasteiger partial charge in [0.2, 0.25) is 0 Å². The van der Waals surface area contributed by atoms with Gasteiger partial charge in [-0.1, -0.05) is 5.16 Å². The molecule has 3 heterocycles. The number of benzene rings is 1. The molecule has 1 aliphatic rings. The number of hydrogen-bond donors (Lipinski definition) is 1. The van der Waals surface area contributed by atoms with Crippen molar-refractivity contribution in [3.8, 4) is 0 Å². The number of nitrogens with zero attached hydrogens (tertiary/aromatic N) is 4. The molecule has 0 radical (unpaired) electrons. The molecule has 1 aromatic carbocycles. The lowest BCUT2D eigenvalue weighted by molar-refractivity contribution is 0.168. The average molecular weight is 527 g/mol. The van der Waals surface area contributed by atoms with Crippen LogP contribution < -0.4 is 5.32 Å². The Bertz CT molecular complexity index is 1020. The number of guanidine groups is 1. The second-order valence-electron chi connectivity index (χ2n) is 7.38. The van der Waals surface area contributed by atoms with Crippen LogP contribution in [0.1, 0.15) is 22.8 Å². The molecule has 1 N–H and O–H groups in total. The molecule has 7 nitrogen and oxygen atoms in total. The molecule has 2 aromatic heterocycles. The Kier molecular flexibility index (Phi) is 7.35. The van der Waals surface area contributed by atoms with Crippen molar-refractivity contribution in [2.45, 2.75) is 26.9 Å². The fraction of sp³-hybridized carbons (Fsp3) is 0.429. The van der Waals surface area contributed by atoms with Gasteiger partial charge >= 0.3 is 0 Å². The molecule has 162 valence electrons. The average Bonchev–Trinajstić information content (AvgIpc) is 3.26. The van der Waals surface area contributed by atoms with Gasteiger partial charge in [-0.05, 0) is 32.0 Å². The fourth-order valence-corrected chi connectivity index (χ4v) is 3.74. The minimum atomic E-state index is -0.254. The topological polar surface area (TPSA) is 70.0 Å². The number of rotatable bonds is 4. The van der Waals surface area contributed by atoms with Crippen molar-refractivity contribution in [3.63, 3.8) is 0 Å². The van der Waals surface area contributed by atoms with E-state index in [1.807, 2.05) is 19.9 Å². The molecule has 0 unspecified atom stereocenters. The van der Waals surface area contributed by atoms with E-state index in [0.29, 0.717) is 12.1 Å². The summed E-state index contributed by atoms with van der Waals surface area (Å²) in [6.45, 7) is 8.77. The maximum atomic E-state index is 13.5. The normalized spacial score (nSPS) is 15.5. The molecule has 1 fully saturated rings. The summed E-state index contributed by atoms with van der Waals surface area (Å²) in [4.78, 5) is 9.02. The summed E-state index contributed by atoms with van der Waals surface area (Å²) in [6.07, 6.45) is 0. The fourth-order valence-electron chi connectivity index (χ4n) is 3.74. The molecular weight excluding hydrogens is 500 g/mol. The Balaban J connectivity index is 0.00000256. The lowest BCUT2D eigenvalue weighted by atomic mass is 10.1. The highest BCUT2D eigenvalue weighted by Crippen LogP contribution is 2.26. The predicted octanol–water partition coefficient (Wildman–Crippen LogP) is 3.69. The zero-order valence-corrected chi connectivity index (χ0v) is 19.8. The molecule has 1 saturated heterocycles. The molecule has 0 aliphatic carbocycles. The van der Waals surface area contributed by atoms with E-state index in [-0.39, 0.29) is 29.8 Å². The Morgan fingerprint density at radius 2 is 1.97 bits per heavy atom. The maximum Gasteiger partial charge on any atom is 0.194 e. The zero-order valence-electron chi connectivity index (χ0n) is 17.4. The van der Waals surface area contributed by atoms with Crippen LogP contribution in [0.3, 0.4) is 0 Å². The third-order valence-electron chi connectivity index (χ3n) is 5.35. The third kappa shape index (κ3) is 4.94. The van der Waals surface area contributed by atoms with E-state index in [1.54, 1.807) is 13.1 Å². The lowest BCUT2D eigenvalue weighted by Gasteiger charge is -2.36. The number of hydrogen-bond acceptors (Lipinski definition) is 5. The summed E-state index contributed by atoms with van der Waals surface area (Å²) in [6, 6.07) is 6.59. The zero-order chi connectivity index (χ0) is 20.4. The summed E-state index contributed by atoms with van der Waals surface area (Å²) in [5.41, 5.74) is 2.62. The highest BCUT2D eigenvalue weighted by atomic mass is 127. The van der Waals surface area contributed by atoms with Crippen molar-refractivity contribution in [1.29, 1.82) is 0 Å². The van der Waals surface area contributed by atoms with Crippen molar-refractivity contribution in [2.24, 2.45) is 4.99 Å². The van der Waals surface area contributed by atoms with Crippen LogP contribution in [0.15, 0.2) is 38.2 Å². The first-order chi connectivity index (χ1) is 14.0. The van der Waals surface area contributed by atoms with E-state index in [9.17, 15) is 4.39 Å². The standard InChI is InChI=1S/C21H26FN5O2.HI/c1-14-10-17(25-29-14)13-26-6-8-27(9-7-26)21(23-3)24-12-20-15(2)18-11-16(22)4-5-19(18)28-20;/h4-5,10-11H,6-9,12-13H2,1-3H3,(H,23,24);1H. The van der Waals surface area contributed by atoms with Crippen molar-refractivity contribution in [3.05, 3.63) is 52.9 Å². The van der Waals surface area contributed by atoms with Gasteiger partial charge in [-0.15, -0.1) is 24.0 Å². The molecule has 0 saturated carbocycles. The molecule has 30 heavy (non-hydrogen) atoms. The summed E-state index contributed by atoms with van der Waals surface area (Å²) < 4.78 is 24.6. The van der Waals surface area contributed by atoms with Gasteiger partial charge in [-0.25, -0.2) is 4.39 Å². The largest absolute Gasteiger partial charge is 0.459 e. The number of aliphatic imine (C=N–C) groups is 1. The smallest absolute Gasteiger partial charge is 0.194 e. The number of aryl methyl sites for hydroxylation is 2. The van der Waals surface area contributed by atoms with Crippen LogP contribution in [0.5, 0.6) is 0 Å². The van der Waals surface area contributed by atoms with Gasteiger partial charge in [-0.2, -0.15) is 0 Å². The second-order valence-corrected chi connectivity index (χ2v) is 7.38. The van der Waals surface area contributed by atoms with Crippen LogP contribution >= 0.6 is 24.0 Å². The number of halogens is 2. The van der Waals surface area contributed by atoms with Gasteiger partial charge in [0.25, 0.3) is 0 Å². The van der Waals surface area contributed by atoms with Crippen LogP contribution in [-0.4, -0.2) is 54.1 Å². The number of furan rings is 1. The van der Waals surface area contributed by atoms with Crippen LogP contribution in [-0.2, 0) is 13.1 Å². The third-order valence-corrected chi connectivity index (χ3v) is 5.35. The number of piperazine rings is 1. The first kappa shape index (κ1) is 22.5. The molecule has 0 amide bonds. The van der Waals surface area contributed by atoms with E-state index in [4.69, 9.17) is 8.94 Å². The Morgan fingerprint density at radius 3 is 2.63 bits per heavy atom. The molecule has 4 rings (SSSR count). The van der Waals surface area contributed by atoms with Gasteiger partial charge in [0.05, 0.1) is 12.2 Å². The minimum Gasteiger partial charge on any atom is -0.459 e. The van der Waals surface area contributed by atoms with E-state index >= 15 is 0 Å². The van der Waals surface area contributed by atoms with Crippen molar-refractivity contribution in [2.75, 3.05) is 33.2 Å². The van der Waals surface area contributed by atoms with Crippen molar-refractivity contribution < 1.29 is 13.3 Å². The van der Waals surface area contributed by atoms with Crippen LogP contribution in [0.4, 0.5) is 4.39 Å². The first-order valence-corrected chi connectivity index (χ1v) is 9.81. The molecule has 3 aromatic rings. The molecule has 0 atom stereocenters. The Morgan fingerprint density at radius 1 is 1.20 bits per heavy atom. The van der Waals surface area contributed by atoms with E-state index < -0.39 is 0 Å². The van der Waals surface area contributed by atoms with Gasteiger partial charge in [0.1, 0.15) is 22.9 Å². The van der Waals surface area contributed by atoms with Crippen molar-refractivity contribution >= 4 is 40.9 Å². The van der Waals surface area contributed by atoms with Crippen molar-refractivity contribution in [1.82, 2.24) is 20.3 Å². The number of nitrogens with one attached hydrogen (secondary N) is 1. The van der Waals surface area contributed by atoms with Crippen LogP contribution in [0.25, 0.3) is 11.0 Å². The van der Waals surface area contributed by atoms with Gasteiger partial charge in [0, 0.05) is 56.8 Å². The van der Waals surface area contributed by atoms with E-state index in [2.05, 4.69) is 25.3 Å². The van der Waals surface area contributed by atoms with Crippen LogP contribution in [0, 0.1) is 19.7 Å². The maximum absolute atomic E-state index is 13.5. The van der Waals surface area contributed by atoms with Gasteiger partial charge in [0.15, 0.2) is 5.96 Å². The molecular formula is C21H27FIN5O2.